The van der Waals surface area contributed by atoms with Gasteiger partial charge < -0.3 is 20.2 Å². The molecule has 43 heavy (non-hydrogen) atoms. The van der Waals surface area contributed by atoms with Gasteiger partial charge in [0.25, 0.3) is 6.43 Å². The van der Waals surface area contributed by atoms with Gasteiger partial charge in [0, 0.05) is 75.5 Å². The van der Waals surface area contributed by atoms with Gasteiger partial charge in [0.1, 0.15) is 0 Å². The highest BCUT2D eigenvalue weighted by Crippen LogP contribution is 2.43. The first kappa shape index (κ1) is 29.1. The normalized spacial score (nSPS) is 18.9. The topological polar surface area (TPSA) is 93.9 Å². The monoisotopic (exact) mass is 592 g/mol. The molecule has 1 atom stereocenters. The molecule has 2 N–H and O–H groups in total. The van der Waals surface area contributed by atoms with Gasteiger partial charge in [-0.25, -0.2) is 13.6 Å². The number of aryl methyl sites for hydroxylation is 2. The van der Waals surface area contributed by atoms with E-state index >= 15 is 0 Å². The predicted molar refractivity (Wildman–Crippen MR) is 160 cm³/mol. The number of carbonyl (C=O) groups excluding carboxylic acids is 1. The molecule has 0 saturated carbocycles. The summed E-state index contributed by atoms with van der Waals surface area (Å²) in [7, 11) is 3.40. The Bertz CT molecular complexity index is 1540. The van der Waals surface area contributed by atoms with Crippen molar-refractivity contribution >= 4 is 23.4 Å². The molecule has 3 aromatic rings. The van der Waals surface area contributed by atoms with E-state index in [2.05, 4.69) is 32.3 Å². The molecule has 1 fully saturated rings. The van der Waals surface area contributed by atoms with Crippen molar-refractivity contribution in [3.05, 3.63) is 64.5 Å². The maximum absolute atomic E-state index is 14.5. The summed E-state index contributed by atoms with van der Waals surface area (Å²) in [6.45, 7) is 3.64. The maximum atomic E-state index is 14.5. The Hall–Kier alpha value is -3.99. The van der Waals surface area contributed by atoms with Crippen LogP contribution in [0.15, 0.2) is 36.7 Å². The summed E-state index contributed by atoms with van der Waals surface area (Å²) in [4.78, 5) is 30.5. The summed E-state index contributed by atoms with van der Waals surface area (Å²) < 4.78 is 30.7. The number of aliphatic carboxylic acids is 1. The highest BCUT2D eigenvalue weighted by molar-refractivity contribution is 5.79. The lowest BCUT2D eigenvalue weighted by Gasteiger charge is -2.38. The Balaban J connectivity index is 1.43. The molecular weight excluding hydrogens is 554 g/mol. The molecular formula is C32H38F2N6O3. The molecule has 1 aromatic heterocycles. The number of carboxylic acids is 1. The second kappa shape index (κ2) is 11.9. The molecule has 228 valence electrons. The lowest BCUT2D eigenvalue weighted by atomic mass is 9.90. The van der Waals surface area contributed by atoms with Crippen LogP contribution in [0.2, 0.25) is 0 Å². The van der Waals surface area contributed by atoms with Gasteiger partial charge in [-0.1, -0.05) is 6.07 Å². The fourth-order valence-corrected chi connectivity index (χ4v) is 6.92. The van der Waals surface area contributed by atoms with Crippen molar-refractivity contribution in [2.24, 2.45) is 13.0 Å². The van der Waals surface area contributed by atoms with Gasteiger partial charge in [-0.05, 0) is 84.7 Å². The van der Waals surface area contributed by atoms with Crippen LogP contribution in [0.4, 0.5) is 25.0 Å². The van der Waals surface area contributed by atoms with Crippen molar-refractivity contribution in [3.63, 3.8) is 0 Å². The van der Waals surface area contributed by atoms with Gasteiger partial charge in [-0.2, -0.15) is 5.10 Å². The average molecular weight is 593 g/mol. The number of rotatable bonds is 6. The minimum atomic E-state index is -2.66. The standard InChI is InChI=1S/C32H38F2N6O3/c1-35-32(43)39-10-7-21-11-20(16-38-8-3-6-23(18-38)31(41)42)12-29(27(21)19-39)40-9-4-5-22-13-25(24-15-36-37(2)17-24)26(30(33)34)14-28(22)40/h11-15,17,23,30H,3-10,16,18-19H2,1-2H3,(H,35,43)(H,41,42). The van der Waals surface area contributed by atoms with E-state index in [9.17, 15) is 23.5 Å². The number of urea groups is 1. The minimum absolute atomic E-state index is 0.0244. The molecule has 6 rings (SSSR count). The highest BCUT2D eigenvalue weighted by atomic mass is 19.3. The number of anilines is 2. The van der Waals surface area contributed by atoms with E-state index in [4.69, 9.17) is 0 Å². The van der Waals surface area contributed by atoms with Crippen molar-refractivity contribution in [1.29, 1.82) is 0 Å². The number of alkyl halides is 2. The highest BCUT2D eigenvalue weighted by Gasteiger charge is 2.31. The zero-order valence-electron chi connectivity index (χ0n) is 24.7. The number of carboxylic acid groups (broad SMARTS) is 1. The van der Waals surface area contributed by atoms with E-state index in [1.54, 1.807) is 42.1 Å². The molecule has 1 saturated heterocycles. The molecule has 1 unspecified atom stereocenters. The summed E-state index contributed by atoms with van der Waals surface area (Å²) in [6, 6.07) is 7.71. The number of likely N-dealkylation sites (tertiary alicyclic amines) is 1. The number of nitrogens with zero attached hydrogens (tertiary/aromatic N) is 5. The number of amides is 2. The Morgan fingerprint density at radius 3 is 2.63 bits per heavy atom. The zero-order valence-corrected chi connectivity index (χ0v) is 24.7. The van der Waals surface area contributed by atoms with E-state index in [1.165, 1.54) is 0 Å². The summed E-state index contributed by atoms with van der Waals surface area (Å²) in [5.41, 5.74) is 7.11. The number of halogens is 2. The van der Waals surface area contributed by atoms with Crippen LogP contribution in [0.3, 0.4) is 0 Å². The van der Waals surface area contributed by atoms with Crippen molar-refractivity contribution in [3.8, 4) is 11.1 Å². The van der Waals surface area contributed by atoms with Gasteiger partial charge in [0.15, 0.2) is 0 Å². The molecule has 9 nitrogen and oxygen atoms in total. The average Bonchev–Trinajstić information content (AvgIpc) is 3.45. The minimum Gasteiger partial charge on any atom is -0.481 e. The van der Waals surface area contributed by atoms with E-state index in [0.29, 0.717) is 56.7 Å². The largest absolute Gasteiger partial charge is 0.481 e. The second-order valence-electron chi connectivity index (χ2n) is 11.9. The quantitative estimate of drug-likeness (QED) is 0.414. The summed E-state index contributed by atoms with van der Waals surface area (Å²) in [5.74, 6) is -1.13. The van der Waals surface area contributed by atoms with E-state index in [-0.39, 0.29) is 17.5 Å². The van der Waals surface area contributed by atoms with Gasteiger partial charge >= 0.3 is 12.0 Å². The molecule has 2 aromatic carbocycles. The van der Waals surface area contributed by atoms with E-state index in [1.807, 2.05) is 6.07 Å². The van der Waals surface area contributed by atoms with Crippen LogP contribution in [0.1, 0.15) is 53.5 Å². The first-order valence-electron chi connectivity index (χ1n) is 15.0. The maximum Gasteiger partial charge on any atom is 0.317 e. The van der Waals surface area contributed by atoms with Crippen LogP contribution in [-0.4, -0.2) is 69.9 Å². The number of aromatic nitrogens is 2. The van der Waals surface area contributed by atoms with Crippen LogP contribution in [0, 0.1) is 5.92 Å². The van der Waals surface area contributed by atoms with Crippen molar-refractivity contribution < 1.29 is 23.5 Å². The van der Waals surface area contributed by atoms with Crippen molar-refractivity contribution in [2.45, 2.75) is 51.6 Å². The summed E-state index contributed by atoms with van der Waals surface area (Å²) in [5, 5.41) is 16.5. The summed E-state index contributed by atoms with van der Waals surface area (Å²) in [6.07, 6.45) is 4.57. The first-order chi connectivity index (χ1) is 20.7. The Morgan fingerprint density at radius 2 is 1.91 bits per heavy atom. The molecule has 4 heterocycles. The van der Waals surface area contributed by atoms with E-state index in [0.717, 1.165) is 59.4 Å². The number of fused-ring (bicyclic) bond motifs is 2. The van der Waals surface area contributed by atoms with Gasteiger partial charge in [0.05, 0.1) is 12.1 Å². The Kier molecular flexibility index (Phi) is 8.09. The Morgan fingerprint density at radius 1 is 1.07 bits per heavy atom. The molecule has 3 aliphatic rings. The fraction of sp³-hybridized carbons (Fsp3) is 0.469. The Labute approximate surface area is 250 Å². The zero-order chi connectivity index (χ0) is 30.2. The van der Waals surface area contributed by atoms with Crippen molar-refractivity contribution in [1.82, 2.24) is 24.9 Å². The molecule has 0 spiro atoms. The lowest BCUT2D eigenvalue weighted by molar-refractivity contribution is -0.143. The van der Waals surface area contributed by atoms with Crippen LogP contribution in [-0.2, 0) is 37.8 Å². The summed E-state index contributed by atoms with van der Waals surface area (Å²) >= 11 is 0. The first-order valence-corrected chi connectivity index (χ1v) is 15.0. The van der Waals surface area contributed by atoms with Gasteiger partial charge in [-0.15, -0.1) is 0 Å². The molecule has 2 amide bonds. The molecule has 0 aliphatic carbocycles. The van der Waals surface area contributed by atoms with Crippen LogP contribution < -0.4 is 10.2 Å². The number of nitrogens with one attached hydrogen (secondary N) is 1. The second-order valence-corrected chi connectivity index (χ2v) is 11.9. The fourth-order valence-electron chi connectivity index (χ4n) is 6.92. The van der Waals surface area contributed by atoms with Crippen LogP contribution in [0.5, 0.6) is 0 Å². The van der Waals surface area contributed by atoms with Gasteiger partial charge in [0.2, 0.25) is 0 Å². The molecule has 3 aliphatic heterocycles. The molecule has 11 heteroatoms. The van der Waals surface area contributed by atoms with Crippen LogP contribution >= 0.6 is 0 Å². The lowest BCUT2D eigenvalue weighted by Crippen LogP contribution is -2.42. The number of carbonyl (C=O) groups is 2. The van der Waals surface area contributed by atoms with Crippen molar-refractivity contribution in [2.75, 3.05) is 38.1 Å². The van der Waals surface area contributed by atoms with E-state index < -0.39 is 12.4 Å². The third-order valence-corrected chi connectivity index (χ3v) is 9.05. The number of hydrogen-bond donors (Lipinski definition) is 2. The molecule has 0 radical (unpaired) electrons. The SMILES string of the molecule is CNC(=O)N1CCc2cc(CN3CCCC(C(=O)O)C3)cc(N3CCCc4cc(-c5cnn(C)c5)c(C(F)F)cc43)c2C1. The predicted octanol–water partition coefficient (Wildman–Crippen LogP) is 5.10. The smallest absolute Gasteiger partial charge is 0.317 e. The third-order valence-electron chi connectivity index (χ3n) is 9.05. The van der Waals surface area contributed by atoms with Crippen LogP contribution in [0.25, 0.3) is 11.1 Å². The number of hydrogen-bond acceptors (Lipinski definition) is 5. The molecule has 0 bridgehead atoms. The van der Waals surface area contributed by atoms with Gasteiger partial charge in [-0.3, -0.25) is 14.4 Å². The third kappa shape index (κ3) is 5.82. The number of piperidine rings is 1. The number of benzene rings is 2.